The maximum absolute atomic E-state index is 13.7. The number of benzene rings is 2. The molecule has 1 unspecified atom stereocenters. The number of nitrogens with two attached hydrogens (primary N) is 1. The Bertz CT molecular complexity index is 624. The standard InChI is InChI=1S/C14H13BrClFN2O/c1-20-13-5-3-9(16)7-10(13)14(19-18)8-2-4-11(15)12(17)6-8/h2-7,14,19H,18H2,1H3. The van der Waals surface area contributed by atoms with Gasteiger partial charge >= 0.3 is 0 Å². The highest BCUT2D eigenvalue weighted by molar-refractivity contribution is 9.10. The Labute approximate surface area is 130 Å². The average Bonchev–Trinajstić information content (AvgIpc) is 2.44. The molecule has 3 nitrogen and oxygen atoms in total. The van der Waals surface area contributed by atoms with E-state index in [0.29, 0.717) is 20.8 Å². The minimum atomic E-state index is -0.425. The van der Waals surface area contributed by atoms with Gasteiger partial charge in [0.1, 0.15) is 11.6 Å². The summed E-state index contributed by atoms with van der Waals surface area (Å²) >= 11 is 9.14. The van der Waals surface area contributed by atoms with Crippen molar-refractivity contribution >= 4 is 27.5 Å². The summed E-state index contributed by atoms with van der Waals surface area (Å²) in [5.41, 5.74) is 4.08. The Morgan fingerprint density at radius 2 is 2.05 bits per heavy atom. The van der Waals surface area contributed by atoms with Gasteiger partial charge in [-0.1, -0.05) is 17.7 Å². The Hall–Kier alpha value is -1.14. The van der Waals surface area contributed by atoms with Crippen molar-refractivity contribution in [3.63, 3.8) is 0 Å². The largest absolute Gasteiger partial charge is 0.496 e. The summed E-state index contributed by atoms with van der Waals surface area (Å²) in [6.45, 7) is 0. The second kappa shape index (κ2) is 6.54. The molecule has 0 spiro atoms. The van der Waals surface area contributed by atoms with Gasteiger partial charge in [-0.2, -0.15) is 0 Å². The molecule has 0 aliphatic heterocycles. The lowest BCUT2D eigenvalue weighted by atomic mass is 9.98. The van der Waals surface area contributed by atoms with Gasteiger partial charge in [0.05, 0.1) is 17.6 Å². The molecule has 0 aliphatic carbocycles. The van der Waals surface area contributed by atoms with Crippen LogP contribution >= 0.6 is 27.5 Å². The van der Waals surface area contributed by atoms with Crippen LogP contribution in [0, 0.1) is 5.82 Å². The van der Waals surface area contributed by atoms with E-state index in [2.05, 4.69) is 21.4 Å². The van der Waals surface area contributed by atoms with Crippen LogP contribution in [0.15, 0.2) is 40.9 Å². The van der Waals surface area contributed by atoms with Gasteiger partial charge < -0.3 is 4.74 Å². The van der Waals surface area contributed by atoms with Crippen molar-refractivity contribution in [3.8, 4) is 5.75 Å². The molecule has 0 fully saturated rings. The van der Waals surface area contributed by atoms with Crippen molar-refractivity contribution in [3.05, 3.63) is 62.8 Å². The van der Waals surface area contributed by atoms with E-state index in [4.69, 9.17) is 22.2 Å². The van der Waals surface area contributed by atoms with E-state index < -0.39 is 6.04 Å². The van der Waals surface area contributed by atoms with Crippen molar-refractivity contribution in [2.45, 2.75) is 6.04 Å². The third kappa shape index (κ3) is 3.12. The van der Waals surface area contributed by atoms with Crippen LogP contribution in [-0.2, 0) is 0 Å². The van der Waals surface area contributed by atoms with E-state index >= 15 is 0 Å². The molecule has 2 rings (SSSR count). The van der Waals surface area contributed by atoms with Crippen molar-refractivity contribution in [1.29, 1.82) is 0 Å². The molecule has 0 radical (unpaired) electrons. The van der Waals surface area contributed by atoms with Crippen LogP contribution in [0.4, 0.5) is 4.39 Å². The Balaban J connectivity index is 2.51. The summed E-state index contributed by atoms with van der Waals surface area (Å²) in [5.74, 6) is 5.88. The molecule has 0 bridgehead atoms. The smallest absolute Gasteiger partial charge is 0.137 e. The fourth-order valence-electron chi connectivity index (χ4n) is 1.99. The second-order valence-corrected chi connectivity index (χ2v) is 5.45. The molecular weight excluding hydrogens is 347 g/mol. The van der Waals surface area contributed by atoms with Gasteiger partial charge in [-0.15, -0.1) is 0 Å². The molecule has 2 aromatic rings. The molecule has 0 heterocycles. The molecule has 0 aliphatic rings. The first-order valence-corrected chi connectivity index (χ1v) is 6.98. The van der Waals surface area contributed by atoms with Gasteiger partial charge in [0.15, 0.2) is 0 Å². The van der Waals surface area contributed by atoms with Crippen LogP contribution in [0.25, 0.3) is 0 Å². The summed E-state index contributed by atoms with van der Waals surface area (Å²) in [4.78, 5) is 0. The molecule has 2 aromatic carbocycles. The SMILES string of the molecule is COc1ccc(Cl)cc1C(NN)c1ccc(Br)c(F)c1. The van der Waals surface area contributed by atoms with Crippen LogP contribution < -0.4 is 16.0 Å². The number of hydrogen-bond donors (Lipinski definition) is 2. The number of hydrogen-bond acceptors (Lipinski definition) is 3. The van der Waals surface area contributed by atoms with Gasteiger partial charge in [0.25, 0.3) is 0 Å². The molecule has 1 atom stereocenters. The van der Waals surface area contributed by atoms with Crippen LogP contribution in [0.2, 0.25) is 5.02 Å². The van der Waals surface area contributed by atoms with E-state index in [1.807, 2.05) is 0 Å². The molecule has 0 aromatic heterocycles. The topological polar surface area (TPSA) is 47.3 Å². The quantitative estimate of drug-likeness (QED) is 0.645. The normalized spacial score (nSPS) is 12.2. The predicted octanol–water partition coefficient (Wildman–Crippen LogP) is 3.80. The van der Waals surface area contributed by atoms with E-state index in [0.717, 1.165) is 5.56 Å². The van der Waals surface area contributed by atoms with Crippen LogP contribution in [-0.4, -0.2) is 7.11 Å². The van der Waals surface area contributed by atoms with E-state index in [9.17, 15) is 4.39 Å². The van der Waals surface area contributed by atoms with Crippen LogP contribution in [0.1, 0.15) is 17.2 Å². The van der Waals surface area contributed by atoms with E-state index in [1.165, 1.54) is 6.07 Å². The minimum absolute atomic E-state index is 0.358. The van der Waals surface area contributed by atoms with Crippen molar-refractivity contribution in [1.82, 2.24) is 5.43 Å². The van der Waals surface area contributed by atoms with Gasteiger partial charge in [-0.25, -0.2) is 9.82 Å². The van der Waals surface area contributed by atoms with Gasteiger partial charge in [-0.3, -0.25) is 5.84 Å². The number of rotatable bonds is 4. The third-order valence-corrected chi connectivity index (χ3v) is 3.82. The molecular formula is C14H13BrClFN2O. The molecule has 0 saturated carbocycles. The number of nitrogens with one attached hydrogen (secondary N) is 1. The lowest BCUT2D eigenvalue weighted by molar-refractivity contribution is 0.404. The maximum atomic E-state index is 13.7. The average molecular weight is 360 g/mol. The third-order valence-electron chi connectivity index (χ3n) is 2.95. The zero-order valence-electron chi connectivity index (χ0n) is 10.7. The van der Waals surface area contributed by atoms with Crippen molar-refractivity contribution < 1.29 is 9.13 Å². The zero-order valence-corrected chi connectivity index (χ0v) is 13.0. The number of hydrazine groups is 1. The summed E-state index contributed by atoms with van der Waals surface area (Å²) in [6, 6.07) is 9.60. The summed E-state index contributed by atoms with van der Waals surface area (Å²) in [5, 5.41) is 0.554. The highest BCUT2D eigenvalue weighted by atomic mass is 79.9. The van der Waals surface area contributed by atoms with Gasteiger partial charge in [0.2, 0.25) is 0 Å². The van der Waals surface area contributed by atoms with Crippen molar-refractivity contribution in [2.24, 2.45) is 5.84 Å². The Morgan fingerprint density at radius 1 is 1.30 bits per heavy atom. The van der Waals surface area contributed by atoms with E-state index in [-0.39, 0.29) is 5.82 Å². The van der Waals surface area contributed by atoms with E-state index in [1.54, 1.807) is 37.4 Å². The lowest BCUT2D eigenvalue weighted by Crippen LogP contribution is -2.29. The maximum Gasteiger partial charge on any atom is 0.137 e. The fraction of sp³-hybridized carbons (Fsp3) is 0.143. The minimum Gasteiger partial charge on any atom is -0.496 e. The second-order valence-electron chi connectivity index (χ2n) is 4.16. The highest BCUT2D eigenvalue weighted by Gasteiger charge is 2.18. The molecule has 20 heavy (non-hydrogen) atoms. The highest BCUT2D eigenvalue weighted by Crippen LogP contribution is 2.33. The van der Waals surface area contributed by atoms with Crippen LogP contribution in [0.3, 0.4) is 0 Å². The zero-order chi connectivity index (χ0) is 14.7. The van der Waals surface area contributed by atoms with Crippen LogP contribution in [0.5, 0.6) is 5.75 Å². The molecule has 106 valence electrons. The Kier molecular flexibility index (Phi) is 4.99. The first kappa shape index (κ1) is 15.3. The van der Waals surface area contributed by atoms with Crippen molar-refractivity contribution in [2.75, 3.05) is 7.11 Å². The Morgan fingerprint density at radius 3 is 2.65 bits per heavy atom. The monoisotopic (exact) mass is 358 g/mol. The number of methoxy groups -OCH3 is 1. The first-order chi connectivity index (χ1) is 9.56. The fourth-order valence-corrected chi connectivity index (χ4v) is 2.42. The molecule has 3 N–H and O–H groups in total. The molecule has 6 heteroatoms. The lowest BCUT2D eigenvalue weighted by Gasteiger charge is -2.20. The molecule has 0 amide bonds. The summed E-state index contributed by atoms with van der Waals surface area (Å²) in [6.07, 6.45) is 0. The molecule has 0 saturated heterocycles. The van der Waals surface area contributed by atoms with Gasteiger partial charge in [-0.05, 0) is 51.8 Å². The van der Waals surface area contributed by atoms with Gasteiger partial charge in [0, 0.05) is 10.6 Å². The number of halogens is 3. The number of ether oxygens (including phenoxy) is 1. The summed E-state index contributed by atoms with van der Waals surface area (Å²) in [7, 11) is 1.56. The summed E-state index contributed by atoms with van der Waals surface area (Å²) < 4.78 is 19.4. The first-order valence-electron chi connectivity index (χ1n) is 5.81. The predicted molar refractivity (Wildman–Crippen MR) is 81.3 cm³/mol.